The molecule has 1 atom stereocenters. The molecule has 3 aromatic heterocycles. The molecule has 1 aliphatic rings. The maximum absolute atomic E-state index is 5.69. The predicted molar refractivity (Wildman–Crippen MR) is 96.6 cm³/mol. The topological polar surface area (TPSA) is 92.8 Å². The van der Waals surface area contributed by atoms with Gasteiger partial charge in [0, 0.05) is 18.8 Å². The second-order valence-electron chi connectivity index (χ2n) is 6.42. The molecule has 0 radical (unpaired) electrons. The smallest absolute Gasteiger partial charge is 0.221 e. The molecule has 0 amide bonds. The number of nitrogens with zero attached hydrogens (tertiary/aromatic N) is 7. The van der Waals surface area contributed by atoms with E-state index in [0.717, 1.165) is 28.3 Å². The van der Waals surface area contributed by atoms with Crippen LogP contribution >= 0.6 is 0 Å². The lowest BCUT2D eigenvalue weighted by Gasteiger charge is -2.20. The van der Waals surface area contributed by atoms with Crippen molar-refractivity contribution in [3.8, 4) is 22.8 Å². The molecule has 0 fully saturated rings. The van der Waals surface area contributed by atoms with Crippen molar-refractivity contribution in [2.75, 3.05) is 13.2 Å². The SMILES string of the molecule is CC(c1ccc2c(c1)OCCO2)n1nnc2ncc(-c3cnn(C)c3)nc21. The molecule has 4 aromatic rings. The number of aryl methyl sites for hydroxylation is 1. The largest absolute Gasteiger partial charge is 0.486 e. The highest BCUT2D eigenvalue weighted by Crippen LogP contribution is 2.33. The number of hydrogen-bond acceptors (Lipinski definition) is 7. The average molecular weight is 363 g/mol. The van der Waals surface area contributed by atoms with E-state index in [9.17, 15) is 0 Å². The minimum absolute atomic E-state index is 0.0933. The van der Waals surface area contributed by atoms with Crippen molar-refractivity contribution in [1.82, 2.24) is 34.7 Å². The summed E-state index contributed by atoms with van der Waals surface area (Å²) in [5.74, 6) is 1.51. The standard InChI is InChI=1S/C18H17N7O2/c1-11(12-3-4-15-16(7-12)27-6-5-26-15)25-18-17(22-23-25)19-9-14(21-18)13-8-20-24(2)10-13/h3-4,7-11H,5-6H2,1-2H3. The van der Waals surface area contributed by atoms with Gasteiger partial charge in [-0.05, 0) is 24.6 Å². The van der Waals surface area contributed by atoms with Gasteiger partial charge in [0.15, 0.2) is 17.1 Å². The van der Waals surface area contributed by atoms with E-state index in [1.165, 1.54) is 0 Å². The lowest BCUT2D eigenvalue weighted by Crippen LogP contribution is -2.16. The number of rotatable bonds is 3. The van der Waals surface area contributed by atoms with Crippen LogP contribution in [0.5, 0.6) is 11.5 Å². The summed E-state index contributed by atoms with van der Waals surface area (Å²) in [5, 5.41) is 12.6. The van der Waals surface area contributed by atoms with Crippen molar-refractivity contribution >= 4 is 11.3 Å². The second kappa shape index (κ2) is 6.04. The molecule has 9 heteroatoms. The van der Waals surface area contributed by atoms with Crippen LogP contribution < -0.4 is 9.47 Å². The van der Waals surface area contributed by atoms with Gasteiger partial charge in [0.05, 0.1) is 24.1 Å². The van der Waals surface area contributed by atoms with E-state index in [-0.39, 0.29) is 6.04 Å². The van der Waals surface area contributed by atoms with Gasteiger partial charge in [-0.15, -0.1) is 5.10 Å². The Labute approximate surface area is 154 Å². The van der Waals surface area contributed by atoms with Crippen LogP contribution in [0.2, 0.25) is 0 Å². The summed E-state index contributed by atoms with van der Waals surface area (Å²) in [6.45, 7) is 3.16. The summed E-state index contributed by atoms with van der Waals surface area (Å²) < 4.78 is 14.8. The maximum atomic E-state index is 5.69. The van der Waals surface area contributed by atoms with Crippen LogP contribution in [0.4, 0.5) is 0 Å². The van der Waals surface area contributed by atoms with E-state index >= 15 is 0 Å². The van der Waals surface area contributed by atoms with E-state index in [0.29, 0.717) is 24.5 Å². The van der Waals surface area contributed by atoms with Crippen LogP contribution in [0.25, 0.3) is 22.6 Å². The van der Waals surface area contributed by atoms with Crippen LogP contribution in [-0.2, 0) is 7.05 Å². The van der Waals surface area contributed by atoms with Crippen LogP contribution in [0.3, 0.4) is 0 Å². The Kier molecular flexibility index (Phi) is 3.52. The van der Waals surface area contributed by atoms with Crippen LogP contribution in [0.1, 0.15) is 18.5 Å². The third kappa shape index (κ3) is 2.67. The molecule has 5 rings (SSSR count). The molecule has 0 bridgehead atoms. The molecule has 136 valence electrons. The summed E-state index contributed by atoms with van der Waals surface area (Å²) in [6.07, 6.45) is 5.34. The second-order valence-corrected chi connectivity index (χ2v) is 6.42. The van der Waals surface area contributed by atoms with Gasteiger partial charge >= 0.3 is 0 Å². The van der Waals surface area contributed by atoms with Crippen molar-refractivity contribution in [2.45, 2.75) is 13.0 Å². The van der Waals surface area contributed by atoms with Gasteiger partial charge in [-0.3, -0.25) is 4.68 Å². The lowest BCUT2D eigenvalue weighted by molar-refractivity contribution is 0.171. The molecule has 0 spiro atoms. The number of ether oxygens (including phenoxy) is 2. The summed E-state index contributed by atoms with van der Waals surface area (Å²) in [5.41, 5.74) is 3.78. The van der Waals surface area contributed by atoms with Crippen molar-refractivity contribution < 1.29 is 9.47 Å². The Morgan fingerprint density at radius 3 is 2.78 bits per heavy atom. The number of fused-ring (bicyclic) bond motifs is 2. The molecule has 1 aliphatic heterocycles. The van der Waals surface area contributed by atoms with Crippen LogP contribution in [-0.4, -0.2) is 48.0 Å². The minimum atomic E-state index is -0.0933. The van der Waals surface area contributed by atoms with E-state index in [1.807, 2.05) is 38.4 Å². The lowest BCUT2D eigenvalue weighted by atomic mass is 10.1. The van der Waals surface area contributed by atoms with Crippen molar-refractivity contribution in [2.24, 2.45) is 7.05 Å². The average Bonchev–Trinajstić information content (AvgIpc) is 3.32. The third-order valence-corrected chi connectivity index (χ3v) is 4.60. The zero-order chi connectivity index (χ0) is 18.4. The van der Waals surface area contributed by atoms with Crippen LogP contribution in [0.15, 0.2) is 36.8 Å². The van der Waals surface area contributed by atoms with E-state index < -0.39 is 0 Å². The van der Waals surface area contributed by atoms with Gasteiger partial charge < -0.3 is 9.47 Å². The number of benzene rings is 1. The van der Waals surface area contributed by atoms with Gasteiger partial charge in [0.2, 0.25) is 5.65 Å². The van der Waals surface area contributed by atoms with E-state index in [1.54, 1.807) is 21.8 Å². The quantitative estimate of drug-likeness (QED) is 0.549. The Bertz CT molecular complexity index is 1130. The van der Waals surface area contributed by atoms with Crippen LogP contribution in [0, 0.1) is 0 Å². The molecular weight excluding hydrogens is 346 g/mol. The van der Waals surface area contributed by atoms with E-state index in [2.05, 4.69) is 20.4 Å². The Morgan fingerprint density at radius 1 is 1.11 bits per heavy atom. The monoisotopic (exact) mass is 363 g/mol. The van der Waals surface area contributed by atoms with Crippen molar-refractivity contribution in [3.63, 3.8) is 0 Å². The Hall–Kier alpha value is -3.49. The number of hydrogen-bond donors (Lipinski definition) is 0. The van der Waals surface area contributed by atoms with Gasteiger partial charge in [0.25, 0.3) is 0 Å². The third-order valence-electron chi connectivity index (χ3n) is 4.60. The highest BCUT2D eigenvalue weighted by atomic mass is 16.6. The molecule has 0 N–H and O–H groups in total. The van der Waals surface area contributed by atoms with Crippen molar-refractivity contribution in [3.05, 3.63) is 42.4 Å². The predicted octanol–water partition coefficient (Wildman–Crippen LogP) is 2.00. The van der Waals surface area contributed by atoms with Gasteiger partial charge in [-0.2, -0.15) is 5.10 Å². The first kappa shape index (κ1) is 15.7. The molecule has 9 nitrogen and oxygen atoms in total. The maximum Gasteiger partial charge on any atom is 0.221 e. The zero-order valence-corrected chi connectivity index (χ0v) is 14.9. The molecular formula is C18H17N7O2. The molecule has 27 heavy (non-hydrogen) atoms. The fourth-order valence-corrected chi connectivity index (χ4v) is 3.14. The Balaban J connectivity index is 1.56. The normalized spacial score (nSPS) is 14.4. The summed E-state index contributed by atoms with van der Waals surface area (Å²) in [4.78, 5) is 9.11. The first-order valence-corrected chi connectivity index (χ1v) is 8.65. The fourth-order valence-electron chi connectivity index (χ4n) is 3.14. The highest BCUT2D eigenvalue weighted by molar-refractivity contribution is 5.69. The molecule has 0 saturated carbocycles. The number of aromatic nitrogens is 7. The van der Waals surface area contributed by atoms with Gasteiger partial charge in [-0.1, -0.05) is 11.3 Å². The fraction of sp³-hybridized carbons (Fsp3) is 0.278. The molecule has 0 aliphatic carbocycles. The first-order chi connectivity index (χ1) is 13.2. The minimum Gasteiger partial charge on any atom is -0.486 e. The van der Waals surface area contributed by atoms with E-state index in [4.69, 9.17) is 14.5 Å². The molecule has 1 unspecified atom stereocenters. The summed E-state index contributed by atoms with van der Waals surface area (Å²) in [7, 11) is 1.87. The van der Waals surface area contributed by atoms with Crippen molar-refractivity contribution in [1.29, 1.82) is 0 Å². The zero-order valence-electron chi connectivity index (χ0n) is 14.9. The van der Waals surface area contributed by atoms with Gasteiger partial charge in [0.1, 0.15) is 13.2 Å². The highest BCUT2D eigenvalue weighted by Gasteiger charge is 2.19. The molecule has 0 saturated heterocycles. The van der Waals surface area contributed by atoms with Gasteiger partial charge in [-0.25, -0.2) is 14.6 Å². The summed E-state index contributed by atoms with van der Waals surface area (Å²) in [6, 6.07) is 5.81. The molecule has 4 heterocycles. The summed E-state index contributed by atoms with van der Waals surface area (Å²) >= 11 is 0. The molecule has 1 aromatic carbocycles. The first-order valence-electron chi connectivity index (χ1n) is 8.65. The Morgan fingerprint density at radius 2 is 1.96 bits per heavy atom.